The number of methoxy groups -OCH3 is 1. The van der Waals surface area contributed by atoms with E-state index in [1.54, 1.807) is 7.11 Å². The largest absolute Gasteiger partial charge is 0.496 e. The normalized spacial score (nSPS) is 15.1. The molecule has 0 aromatic heterocycles. The van der Waals surface area contributed by atoms with Gasteiger partial charge in [0.25, 0.3) is 0 Å². The molecule has 0 aliphatic rings. The van der Waals surface area contributed by atoms with E-state index >= 15 is 0 Å². The Hall–Kier alpha value is -1.02. The lowest BCUT2D eigenvalue weighted by molar-refractivity contribution is 0.357. The SMILES string of the molecule is COc1ccccc1[C@H](C)CC(C)CNC(C)(C)C. The van der Waals surface area contributed by atoms with Gasteiger partial charge in [0, 0.05) is 5.54 Å². The van der Waals surface area contributed by atoms with Crippen molar-refractivity contribution in [2.24, 2.45) is 5.92 Å². The molecule has 0 bridgehead atoms. The van der Waals surface area contributed by atoms with Gasteiger partial charge in [-0.05, 0) is 57.2 Å². The Morgan fingerprint density at radius 1 is 1.16 bits per heavy atom. The highest BCUT2D eigenvalue weighted by molar-refractivity contribution is 5.35. The highest BCUT2D eigenvalue weighted by atomic mass is 16.5. The second kappa shape index (κ2) is 6.95. The van der Waals surface area contributed by atoms with Crippen molar-refractivity contribution in [1.29, 1.82) is 0 Å². The minimum absolute atomic E-state index is 0.196. The second-order valence-electron chi connectivity index (χ2n) is 6.61. The van der Waals surface area contributed by atoms with Gasteiger partial charge >= 0.3 is 0 Å². The van der Waals surface area contributed by atoms with Crippen LogP contribution >= 0.6 is 0 Å². The lowest BCUT2D eigenvalue weighted by Gasteiger charge is -2.25. The zero-order valence-electron chi connectivity index (χ0n) is 13.3. The summed E-state index contributed by atoms with van der Waals surface area (Å²) in [4.78, 5) is 0. The van der Waals surface area contributed by atoms with Gasteiger partial charge in [0.05, 0.1) is 7.11 Å². The summed E-state index contributed by atoms with van der Waals surface area (Å²) in [5, 5.41) is 3.58. The van der Waals surface area contributed by atoms with Gasteiger partial charge < -0.3 is 10.1 Å². The van der Waals surface area contributed by atoms with Crippen molar-refractivity contribution in [1.82, 2.24) is 5.32 Å². The summed E-state index contributed by atoms with van der Waals surface area (Å²) in [7, 11) is 1.75. The van der Waals surface area contributed by atoms with E-state index < -0.39 is 0 Å². The molecule has 0 aliphatic carbocycles. The number of benzene rings is 1. The number of para-hydroxylation sites is 1. The molecule has 0 saturated carbocycles. The molecule has 0 saturated heterocycles. The standard InChI is InChI=1S/C17H29NO/c1-13(12-18-17(3,4)5)11-14(2)15-9-7-8-10-16(15)19-6/h7-10,13-14,18H,11-12H2,1-6H3/t13?,14-/m1/s1. The van der Waals surface area contributed by atoms with Gasteiger partial charge in [0.15, 0.2) is 0 Å². The smallest absolute Gasteiger partial charge is 0.122 e. The monoisotopic (exact) mass is 263 g/mol. The number of nitrogens with one attached hydrogen (secondary N) is 1. The van der Waals surface area contributed by atoms with Crippen LogP contribution in [-0.2, 0) is 0 Å². The number of rotatable bonds is 6. The van der Waals surface area contributed by atoms with Gasteiger partial charge in [-0.2, -0.15) is 0 Å². The lowest BCUT2D eigenvalue weighted by atomic mass is 9.90. The summed E-state index contributed by atoms with van der Waals surface area (Å²) < 4.78 is 5.45. The Morgan fingerprint density at radius 2 is 1.79 bits per heavy atom. The van der Waals surface area contributed by atoms with Gasteiger partial charge in [0.1, 0.15) is 5.75 Å². The first-order valence-corrected chi connectivity index (χ1v) is 7.21. The predicted molar refractivity (Wildman–Crippen MR) is 82.9 cm³/mol. The van der Waals surface area contributed by atoms with Crippen LogP contribution in [0.25, 0.3) is 0 Å². The zero-order valence-corrected chi connectivity index (χ0v) is 13.3. The average Bonchev–Trinajstić information content (AvgIpc) is 2.35. The van der Waals surface area contributed by atoms with Crippen LogP contribution in [0.3, 0.4) is 0 Å². The summed E-state index contributed by atoms with van der Waals surface area (Å²) >= 11 is 0. The fourth-order valence-corrected chi connectivity index (χ4v) is 2.37. The maximum Gasteiger partial charge on any atom is 0.122 e. The third kappa shape index (κ3) is 5.65. The van der Waals surface area contributed by atoms with Gasteiger partial charge in [-0.3, -0.25) is 0 Å². The van der Waals surface area contributed by atoms with Crippen LogP contribution in [-0.4, -0.2) is 19.2 Å². The molecule has 1 unspecified atom stereocenters. The summed E-state index contributed by atoms with van der Waals surface area (Å²) in [6, 6.07) is 8.34. The van der Waals surface area contributed by atoms with Crippen LogP contribution in [0.4, 0.5) is 0 Å². The van der Waals surface area contributed by atoms with Crippen LogP contribution in [0.2, 0.25) is 0 Å². The fourth-order valence-electron chi connectivity index (χ4n) is 2.37. The first kappa shape index (κ1) is 16.0. The maximum absolute atomic E-state index is 5.45. The molecule has 2 nitrogen and oxygen atoms in total. The molecule has 1 aromatic carbocycles. The van der Waals surface area contributed by atoms with Gasteiger partial charge in [-0.1, -0.05) is 32.0 Å². The molecule has 1 N–H and O–H groups in total. The van der Waals surface area contributed by atoms with Crippen molar-refractivity contribution in [3.8, 4) is 5.75 Å². The number of ether oxygens (including phenoxy) is 1. The zero-order chi connectivity index (χ0) is 14.5. The first-order valence-electron chi connectivity index (χ1n) is 7.21. The first-order chi connectivity index (χ1) is 8.83. The lowest BCUT2D eigenvalue weighted by Crippen LogP contribution is -2.38. The van der Waals surface area contributed by atoms with E-state index in [1.165, 1.54) is 12.0 Å². The molecule has 0 heterocycles. The minimum Gasteiger partial charge on any atom is -0.496 e. The van der Waals surface area contributed by atoms with E-state index in [0.717, 1.165) is 12.3 Å². The molecule has 19 heavy (non-hydrogen) atoms. The number of hydrogen-bond acceptors (Lipinski definition) is 2. The molecule has 1 aromatic rings. The molecule has 108 valence electrons. The third-order valence-electron chi connectivity index (χ3n) is 3.41. The topological polar surface area (TPSA) is 21.3 Å². The molecule has 0 radical (unpaired) electrons. The van der Waals surface area contributed by atoms with E-state index in [0.29, 0.717) is 11.8 Å². The maximum atomic E-state index is 5.45. The Balaban J connectivity index is 2.56. The summed E-state index contributed by atoms with van der Waals surface area (Å²) in [5.74, 6) is 2.18. The van der Waals surface area contributed by atoms with Crippen molar-refractivity contribution in [2.45, 2.75) is 52.5 Å². The Kier molecular flexibility index (Phi) is 5.86. The molecule has 1 rings (SSSR count). The van der Waals surface area contributed by atoms with Crippen LogP contribution in [0.15, 0.2) is 24.3 Å². The van der Waals surface area contributed by atoms with Crippen molar-refractivity contribution in [2.75, 3.05) is 13.7 Å². The van der Waals surface area contributed by atoms with Gasteiger partial charge in [-0.15, -0.1) is 0 Å². The summed E-state index contributed by atoms with van der Waals surface area (Å²) in [5.41, 5.74) is 1.51. The molecular weight excluding hydrogens is 234 g/mol. The average molecular weight is 263 g/mol. The second-order valence-corrected chi connectivity index (χ2v) is 6.61. The predicted octanol–water partition coefficient (Wildman–Crippen LogP) is 4.21. The third-order valence-corrected chi connectivity index (χ3v) is 3.41. The molecular formula is C17H29NO. The Morgan fingerprint density at radius 3 is 2.37 bits per heavy atom. The van der Waals surface area contributed by atoms with E-state index in [9.17, 15) is 0 Å². The van der Waals surface area contributed by atoms with Crippen LogP contribution in [0, 0.1) is 5.92 Å². The van der Waals surface area contributed by atoms with E-state index in [2.05, 4.69) is 52.1 Å². The number of hydrogen-bond donors (Lipinski definition) is 1. The van der Waals surface area contributed by atoms with Crippen molar-refractivity contribution in [3.63, 3.8) is 0 Å². The van der Waals surface area contributed by atoms with Crippen molar-refractivity contribution in [3.05, 3.63) is 29.8 Å². The molecule has 0 amide bonds. The van der Waals surface area contributed by atoms with E-state index in [1.807, 2.05) is 12.1 Å². The molecule has 2 heteroatoms. The van der Waals surface area contributed by atoms with Crippen molar-refractivity contribution < 1.29 is 4.74 Å². The molecule has 2 atom stereocenters. The highest BCUT2D eigenvalue weighted by Gasteiger charge is 2.16. The minimum atomic E-state index is 0.196. The van der Waals surface area contributed by atoms with E-state index in [-0.39, 0.29) is 5.54 Å². The quantitative estimate of drug-likeness (QED) is 0.830. The van der Waals surface area contributed by atoms with Crippen LogP contribution in [0.1, 0.15) is 52.5 Å². The highest BCUT2D eigenvalue weighted by Crippen LogP contribution is 2.30. The summed E-state index contributed by atoms with van der Waals surface area (Å²) in [6.45, 7) is 12.3. The Labute approximate surface area is 118 Å². The van der Waals surface area contributed by atoms with Gasteiger partial charge in [-0.25, -0.2) is 0 Å². The van der Waals surface area contributed by atoms with E-state index in [4.69, 9.17) is 4.74 Å². The summed E-state index contributed by atoms with van der Waals surface area (Å²) in [6.07, 6.45) is 1.17. The van der Waals surface area contributed by atoms with Gasteiger partial charge in [0.2, 0.25) is 0 Å². The molecule has 0 aliphatic heterocycles. The van der Waals surface area contributed by atoms with Crippen molar-refractivity contribution >= 4 is 0 Å². The van der Waals surface area contributed by atoms with Crippen LogP contribution < -0.4 is 10.1 Å². The molecule has 0 spiro atoms. The Bertz CT molecular complexity index is 381. The molecule has 0 fully saturated rings. The fraction of sp³-hybridized carbons (Fsp3) is 0.647. The van der Waals surface area contributed by atoms with Crippen LogP contribution in [0.5, 0.6) is 5.75 Å².